The van der Waals surface area contributed by atoms with Gasteiger partial charge in [0, 0.05) is 44.5 Å². The molecule has 9 heteroatoms. The Labute approximate surface area is 180 Å². The van der Waals surface area contributed by atoms with Crippen molar-refractivity contribution in [2.24, 2.45) is 0 Å². The number of aromatic nitrogens is 3. The van der Waals surface area contributed by atoms with Gasteiger partial charge in [0.25, 0.3) is 5.91 Å². The molecule has 0 atom stereocenters. The lowest BCUT2D eigenvalue weighted by Gasteiger charge is -2.33. The van der Waals surface area contributed by atoms with Crippen molar-refractivity contribution >= 4 is 22.4 Å². The minimum atomic E-state index is -0.167. The van der Waals surface area contributed by atoms with Crippen molar-refractivity contribution in [3.05, 3.63) is 53.9 Å². The number of carbonyl (C=O) groups is 1. The first-order valence-corrected chi connectivity index (χ1v) is 10.9. The van der Waals surface area contributed by atoms with Crippen molar-refractivity contribution in [2.45, 2.75) is 13.5 Å². The summed E-state index contributed by atoms with van der Waals surface area (Å²) in [5, 5.41) is 13.3. The molecule has 158 valence electrons. The lowest BCUT2D eigenvalue weighted by molar-refractivity contribution is 0.0944. The molecule has 1 aromatic carbocycles. The van der Waals surface area contributed by atoms with Gasteiger partial charge in [0.05, 0.1) is 7.11 Å². The highest BCUT2D eigenvalue weighted by Gasteiger charge is 2.21. The molecular formula is C21H26N6O2S. The van der Waals surface area contributed by atoms with E-state index in [1.165, 1.54) is 11.3 Å². The Morgan fingerprint density at radius 2 is 1.87 bits per heavy atom. The number of likely N-dealkylation sites (N-methyl/N-ethyl adjacent to an activating group) is 1. The summed E-state index contributed by atoms with van der Waals surface area (Å²) < 4.78 is 7.15. The number of carbonyl (C=O) groups excluding carboxylic acids is 1. The van der Waals surface area contributed by atoms with Crippen molar-refractivity contribution in [1.82, 2.24) is 25.0 Å². The molecule has 1 amide bonds. The molecule has 1 saturated heterocycles. The van der Waals surface area contributed by atoms with E-state index in [0.29, 0.717) is 17.4 Å². The number of anilines is 1. The summed E-state index contributed by atoms with van der Waals surface area (Å²) in [5.41, 5.74) is 1.46. The molecule has 0 aliphatic carbocycles. The molecule has 0 radical (unpaired) electrons. The topological polar surface area (TPSA) is 75.5 Å². The van der Waals surface area contributed by atoms with Crippen molar-refractivity contribution < 1.29 is 9.53 Å². The van der Waals surface area contributed by atoms with E-state index < -0.39 is 0 Å². The number of hydrogen-bond acceptors (Lipinski definition) is 7. The molecule has 2 aromatic heterocycles. The largest absolute Gasteiger partial charge is 0.496 e. The minimum absolute atomic E-state index is 0.167. The average molecular weight is 427 g/mol. The van der Waals surface area contributed by atoms with Crippen LogP contribution in [0.25, 0.3) is 5.13 Å². The maximum Gasteiger partial charge on any atom is 0.268 e. The van der Waals surface area contributed by atoms with Crippen LogP contribution in [0.1, 0.15) is 23.0 Å². The van der Waals surface area contributed by atoms with E-state index in [9.17, 15) is 4.79 Å². The molecule has 3 aromatic rings. The van der Waals surface area contributed by atoms with Gasteiger partial charge < -0.3 is 19.9 Å². The fraction of sp³-hybridized carbons (Fsp3) is 0.381. The Bertz CT molecular complexity index is 993. The van der Waals surface area contributed by atoms with Gasteiger partial charge in [0.2, 0.25) is 10.3 Å². The fourth-order valence-corrected chi connectivity index (χ4v) is 4.43. The summed E-state index contributed by atoms with van der Waals surface area (Å²) in [6, 6.07) is 11.3. The molecule has 1 fully saturated rings. The van der Waals surface area contributed by atoms with Gasteiger partial charge in [-0.15, -0.1) is 10.2 Å². The normalized spacial score (nSPS) is 14.7. The molecule has 4 rings (SSSR count). The first-order chi connectivity index (χ1) is 14.7. The van der Waals surface area contributed by atoms with Crippen molar-refractivity contribution in [3.63, 3.8) is 0 Å². The van der Waals surface area contributed by atoms with Crippen molar-refractivity contribution in [3.8, 4) is 10.9 Å². The van der Waals surface area contributed by atoms with Gasteiger partial charge in [-0.3, -0.25) is 9.36 Å². The number of methoxy groups -OCH3 is 1. The minimum Gasteiger partial charge on any atom is -0.496 e. The van der Waals surface area contributed by atoms with E-state index in [2.05, 4.69) is 32.2 Å². The first kappa shape index (κ1) is 20.4. The van der Waals surface area contributed by atoms with E-state index in [0.717, 1.165) is 49.2 Å². The highest BCUT2D eigenvalue weighted by molar-refractivity contribution is 7.17. The molecule has 30 heavy (non-hydrogen) atoms. The van der Waals surface area contributed by atoms with Gasteiger partial charge in [-0.2, -0.15) is 0 Å². The van der Waals surface area contributed by atoms with E-state index in [1.54, 1.807) is 17.7 Å². The van der Waals surface area contributed by atoms with E-state index in [4.69, 9.17) is 4.74 Å². The number of para-hydroxylation sites is 1. The van der Waals surface area contributed by atoms with Crippen LogP contribution in [0.15, 0.2) is 42.6 Å². The fourth-order valence-electron chi connectivity index (χ4n) is 3.54. The number of ether oxygens (including phenoxy) is 1. The molecule has 0 saturated carbocycles. The summed E-state index contributed by atoms with van der Waals surface area (Å²) in [5.74, 6) is 0.587. The third kappa shape index (κ3) is 4.31. The van der Waals surface area contributed by atoms with Crippen molar-refractivity contribution in [2.75, 3.05) is 44.7 Å². The summed E-state index contributed by atoms with van der Waals surface area (Å²) in [4.78, 5) is 17.5. The predicted octanol–water partition coefficient (Wildman–Crippen LogP) is 2.41. The van der Waals surface area contributed by atoms with Gasteiger partial charge in [-0.1, -0.05) is 36.5 Å². The predicted molar refractivity (Wildman–Crippen MR) is 118 cm³/mol. The zero-order chi connectivity index (χ0) is 20.9. The summed E-state index contributed by atoms with van der Waals surface area (Å²) in [7, 11) is 1.63. The van der Waals surface area contributed by atoms with E-state index in [1.807, 2.05) is 36.5 Å². The lowest BCUT2D eigenvalue weighted by atomic mass is 10.2. The SMILES string of the molecule is CCN1CCN(c2nnc(-n3cccc3C(=O)NCc3ccccc3OC)s2)CC1. The highest BCUT2D eigenvalue weighted by atomic mass is 32.1. The Morgan fingerprint density at radius 3 is 2.63 bits per heavy atom. The van der Waals surface area contributed by atoms with Gasteiger partial charge in [0.15, 0.2) is 0 Å². The Hall–Kier alpha value is -2.91. The molecule has 0 spiro atoms. The van der Waals surface area contributed by atoms with Crippen LogP contribution in [0, 0.1) is 0 Å². The first-order valence-electron chi connectivity index (χ1n) is 10.1. The molecular weight excluding hydrogens is 400 g/mol. The standard InChI is InChI=1S/C21H26N6O2S/c1-3-25-11-13-26(14-12-25)20-23-24-21(30-20)27-10-6-8-17(27)19(28)22-15-16-7-4-5-9-18(16)29-2/h4-10H,3,11-15H2,1-2H3,(H,22,28). The van der Waals surface area contributed by atoms with E-state index >= 15 is 0 Å². The zero-order valence-corrected chi connectivity index (χ0v) is 18.1. The Morgan fingerprint density at radius 1 is 1.10 bits per heavy atom. The van der Waals surface area contributed by atoms with Crippen LogP contribution >= 0.6 is 11.3 Å². The molecule has 0 bridgehead atoms. The number of hydrogen-bond donors (Lipinski definition) is 1. The third-order valence-electron chi connectivity index (χ3n) is 5.31. The van der Waals surface area contributed by atoms with E-state index in [-0.39, 0.29) is 5.91 Å². The zero-order valence-electron chi connectivity index (χ0n) is 17.2. The molecule has 1 N–H and O–H groups in total. The Balaban J connectivity index is 1.44. The third-order valence-corrected chi connectivity index (χ3v) is 6.30. The number of nitrogens with zero attached hydrogens (tertiary/aromatic N) is 5. The van der Waals surface area contributed by atoms with Gasteiger partial charge in [0.1, 0.15) is 11.4 Å². The number of amides is 1. The Kier molecular flexibility index (Phi) is 6.29. The van der Waals surface area contributed by atoms with Crippen LogP contribution in [-0.4, -0.2) is 65.4 Å². The van der Waals surface area contributed by atoms with Crippen LogP contribution in [-0.2, 0) is 6.54 Å². The molecule has 3 heterocycles. The quantitative estimate of drug-likeness (QED) is 0.625. The second-order valence-corrected chi connectivity index (χ2v) is 7.98. The highest BCUT2D eigenvalue weighted by Crippen LogP contribution is 2.25. The smallest absolute Gasteiger partial charge is 0.268 e. The monoisotopic (exact) mass is 426 g/mol. The summed E-state index contributed by atoms with van der Waals surface area (Å²) in [6.45, 7) is 7.60. The van der Waals surface area contributed by atoms with Crippen LogP contribution in [0.5, 0.6) is 5.75 Å². The molecule has 1 aliphatic heterocycles. The van der Waals surface area contributed by atoms with Crippen LogP contribution in [0.3, 0.4) is 0 Å². The number of rotatable bonds is 7. The summed E-state index contributed by atoms with van der Waals surface area (Å²) >= 11 is 1.51. The van der Waals surface area contributed by atoms with Crippen molar-refractivity contribution in [1.29, 1.82) is 0 Å². The van der Waals surface area contributed by atoms with Gasteiger partial charge in [-0.25, -0.2) is 0 Å². The maximum absolute atomic E-state index is 12.8. The molecule has 0 unspecified atom stereocenters. The average Bonchev–Trinajstić information content (AvgIpc) is 3.47. The number of benzene rings is 1. The second kappa shape index (κ2) is 9.27. The number of nitrogens with one attached hydrogen (secondary N) is 1. The second-order valence-electron chi connectivity index (χ2n) is 7.05. The molecule has 1 aliphatic rings. The number of piperazine rings is 1. The molecule has 8 nitrogen and oxygen atoms in total. The lowest BCUT2D eigenvalue weighted by Crippen LogP contribution is -2.46. The maximum atomic E-state index is 12.8. The summed E-state index contributed by atoms with van der Waals surface area (Å²) in [6.07, 6.45) is 1.84. The van der Waals surface area contributed by atoms with Crippen LogP contribution < -0.4 is 15.0 Å². The van der Waals surface area contributed by atoms with Gasteiger partial charge in [-0.05, 0) is 24.7 Å². The van der Waals surface area contributed by atoms with Crippen LogP contribution in [0.4, 0.5) is 5.13 Å². The van der Waals surface area contributed by atoms with Crippen LogP contribution in [0.2, 0.25) is 0 Å². The van der Waals surface area contributed by atoms with Gasteiger partial charge >= 0.3 is 0 Å².